The molecule has 2 N–H and O–H groups in total. The summed E-state index contributed by atoms with van der Waals surface area (Å²) in [6.45, 7) is 8.62. The van der Waals surface area contributed by atoms with Gasteiger partial charge in [0.25, 0.3) is 0 Å². The van der Waals surface area contributed by atoms with Crippen LogP contribution in [0.3, 0.4) is 0 Å². The zero-order valence-corrected chi connectivity index (χ0v) is 16.8. The molecule has 2 aliphatic heterocycles. The van der Waals surface area contributed by atoms with Gasteiger partial charge in [-0.2, -0.15) is 0 Å². The molecule has 2 fully saturated rings. The predicted octanol–water partition coefficient (Wildman–Crippen LogP) is 2.66. The Morgan fingerprint density at radius 2 is 2.36 bits per heavy atom. The number of rotatable bonds is 5. The van der Waals surface area contributed by atoms with Crippen LogP contribution in [0.1, 0.15) is 36.6 Å². The van der Waals surface area contributed by atoms with Crippen molar-refractivity contribution in [3.63, 3.8) is 0 Å². The fourth-order valence-electron chi connectivity index (χ4n) is 4.68. The lowest BCUT2D eigenvalue weighted by molar-refractivity contribution is 0.0518. The summed E-state index contributed by atoms with van der Waals surface area (Å²) in [5.74, 6) is 0.738. The number of nitrogens with one attached hydrogen (secondary N) is 2. The van der Waals surface area contributed by atoms with Crippen molar-refractivity contribution in [1.82, 2.24) is 15.5 Å². The summed E-state index contributed by atoms with van der Waals surface area (Å²) in [5, 5.41) is 9.83. The first-order valence-electron chi connectivity index (χ1n) is 9.65. The summed E-state index contributed by atoms with van der Waals surface area (Å²) in [7, 11) is 0. The lowest BCUT2D eigenvalue weighted by atomic mass is 9.94. The monoisotopic (exact) mass is 385 g/mol. The van der Waals surface area contributed by atoms with Crippen LogP contribution in [0.4, 0.5) is 0 Å². The Labute approximate surface area is 162 Å². The lowest BCUT2D eigenvalue weighted by Gasteiger charge is -2.36. The van der Waals surface area contributed by atoms with Crippen LogP contribution in [0.25, 0.3) is 0 Å². The van der Waals surface area contributed by atoms with E-state index in [1.165, 1.54) is 32.2 Å². The molecule has 3 heterocycles. The molecule has 0 aromatic carbocycles. The minimum Gasteiger partial charge on any atom is -0.379 e. The molecule has 6 heteroatoms. The molecule has 1 saturated carbocycles. The third-order valence-electron chi connectivity index (χ3n) is 6.17. The Balaban J connectivity index is 0.00000182. The quantitative estimate of drug-likeness (QED) is 0.817. The van der Waals surface area contributed by atoms with E-state index in [1.54, 1.807) is 10.4 Å². The van der Waals surface area contributed by atoms with E-state index in [1.807, 2.05) is 11.3 Å². The smallest absolute Gasteiger partial charge is 0.0623 e. The minimum absolute atomic E-state index is 0. The molecule has 1 aromatic heterocycles. The molecule has 4 rings (SSSR count). The van der Waals surface area contributed by atoms with Crippen LogP contribution in [0.2, 0.25) is 0 Å². The molecular weight excluding hydrogens is 354 g/mol. The second-order valence-corrected chi connectivity index (χ2v) is 8.68. The van der Waals surface area contributed by atoms with Crippen molar-refractivity contribution in [2.24, 2.45) is 5.92 Å². The van der Waals surface area contributed by atoms with E-state index in [2.05, 4.69) is 33.9 Å². The molecule has 25 heavy (non-hydrogen) atoms. The van der Waals surface area contributed by atoms with Crippen LogP contribution < -0.4 is 10.6 Å². The van der Waals surface area contributed by atoms with Gasteiger partial charge < -0.3 is 15.4 Å². The van der Waals surface area contributed by atoms with Crippen molar-refractivity contribution < 1.29 is 4.74 Å². The Hall–Kier alpha value is -0.170. The van der Waals surface area contributed by atoms with Gasteiger partial charge in [0.2, 0.25) is 0 Å². The number of nitrogens with zero attached hydrogens (tertiary/aromatic N) is 1. The normalized spacial score (nSPS) is 31.3. The fourth-order valence-corrected chi connectivity index (χ4v) is 5.57. The first kappa shape index (κ1) is 19.6. The highest BCUT2D eigenvalue weighted by molar-refractivity contribution is 7.10. The summed E-state index contributed by atoms with van der Waals surface area (Å²) >= 11 is 1.93. The van der Waals surface area contributed by atoms with Gasteiger partial charge in [-0.05, 0) is 49.1 Å². The first-order valence-corrected chi connectivity index (χ1v) is 10.5. The van der Waals surface area contributed by atoms with Gasteiger partial charge >= 0.3 is 0 Å². The molecule has 4 unspecified atom stereocenters. The number of ether oxygens (including phenoxy) is 1. The van der Waals surface area contributed by atoms with Crippen molar-refractivity contribution in [3.05, 3.63) is 21.9 Å². The van der Waals surface area contributed by atoms with Gasteiger partial charge in [0.1, 0.15) is 0 Å². The average Bonchev–Trinajstić information content (AvgIpc) is 3.28. The topological polar surface area (TPSA) is 36.5 Å². The van der Waals surface area contributed by atoms with E-state index in [4.69, 9.17) is 4.74 Å². The predicted molar refractivity (Wildman–Crippen MR) is 107 cm³/mol. The zero-order chi connectivity index (χ0) is 16.4. The van der Waals surface area contributed by atoms with Crippen molar-refractivity contribution in [3.8, 4) is 0 Å². The zero-order valence-electron chi connectivity index (χ0n) is 15.2. The molecule has 0 spiro atoms. The minimum atomic E-state index is 0. The van der Waals surface area contributed by atoms with E-state index in [9.17, 15) is 0 Å². The van der Waals surface area contributed by atoms with Crippen LogP contribution >= 0.6 is 23.7 Å². The standard InChI is InChI=1S/C19H31N3OS.ClH/c1-14(22-8-5-19-15(12-22)6-10-24-19)11-21-17-4-2-3-16(17)18-13-23-9-7-20-18;/h6,10,14,16-18,20-21H,2-5,7-9,11-13H2,1H3;1H. The second-order valence-electron chi connectivity index (χ2n) is 7.68. The molecule has 1 saturated heterocycles. The molecule has 3 aliphatic rings. The summed E-state index contributed by atoms with van der Waals surface area (Å²) < 4.78 is 5.69. The van der Waals surface area contributed by atoms with Gasteiger partial charge in [-0.25, -0.2) is 0 Å². The second kappa shape index (κ2) is 9.16. The van der Waals surface area contributed by atoms with Gasteiger partial charge in [-0.1, -0.05) is 6.42 Å². The molecule has 4 nitrogen and oxygen atoms in total. The van der Waals surface area contributed by atoms with E-state index in [-0.39, 0.29) is 12.4 Å². The largest absolute Gasteiger partial charge is 0.379 e. The van der Waals surface area contributed by atoms with E-state index >= 15 is 0 Å². The molecule has 1 aromatic rings. The summed E-state index contributed by atoms with van der Waals surface area (Å²) in [6.07, 6.45) is 5.25. The fraction of sp³-hybridized carbons (Fsp3) is 0.789. The molecule has 1 aliphatic carbocycles. The number of fused-ring (bicyclic) bond motifs is 1. The Morgan fingerprint density at radius 3 is 3.20 bits per heavy atom. The average molecular weight is 386 g/mol. The number of thiophene rings is 1. The maximum absolute atomic E-state index is 5.69. The van der Waals surface area contributed by atoms with Crippen LogP contribution in [0, 0.1) is 5.92 Å². The SMILES string of the molecule is CC(CNC1CCCC1C1COCCN1)N1CCc2sccc2C1.Cl. The number of morpholine rings is 1. The molecule has 0 radical (unpaired) electrons. The molecule has 0 amide bonds. The highest BCUT2D eigenvalue weighted by Gasteiger charge is 2.34. The van der Waals surface area contributed by atoms with Crippen molar-refractivity contribution >= 4 is 23.7 Å². The van der Waals surface area contributed by atoms with Gasteiger partial charge in [-0.15, -0.1) is 23.7 Å². The van der Waals surface area contributed by atoms with Gasteiger partial charge in [-0.3, -0.25) is 4.90 Å². The number of hydrogen-bond acceptors (Lipinski definition) is 5. The maximum Gasteiger partial charge on any atom is 0.0623 e. The first-order chi connectivity index (χ1) is 11.8. The van der Waals surface area contributed by atoms with Crippen molar-refractivity contribution in [1.29, 1.82) is 0 Å². The number of halogens is 1. The van der Waals surface area contributed by atoms with Crippen molar-refractivity contribution in [2.45, 2.75) is 57.3 Å². The maximum atomic E-state index is 5.69. The van der Waals surface area contributed by atoms with Crippen LogP contribution in [-0.4, -0.2) is 55.9 Å². The Morgan fingerprint density at radius 1 is 1.44 bits per heavy atom. The van der Waals surface area contributed by atoms with Gasteiger partial charge in [0, 0.05) is 49.2 Å². The summed E-state index contributed by atoms with van der Waals surface area (Å²) in [5.41, 5.74) is 1.56. The van der Waals surface area contributed by atoms with Crippen LogP contribution in [-0.2, 0) is 17.7 Å². The van der Waals surface area contributed by atoms with Crippen molar-refractivity contribution in [2.75, 3.05) is 32.8 Å². The van der Waals surface area contributed by atoms with E-state index in [0.29, 0.717) is 18.1 Å². The molecule has 4 atom stereocenters. The molecule has 142 valence electrons. The third-order valence-corrected chi connectivity index (χ3v) is 7.20. The third kappa shape index (κ3) is 4.57. The lowest BCUT2D eigenvalue weighted by Crippen LogP contribution is -2.52. The summed E-state index contributed by atoms with van der Waals surface area (Å²) in [6, 6.07) is 4.13. The van der Waals surface area contributed by atoms with E-state index < -0.39 is 0 Å². The van der Waals surface area contributed by atoms with Crippen LogP contribution in [0.15, 0.2) is 11.4 Å². The van der Waals surface area contributed by atoms with Gasteiger partial charge in [0.15, 0.2) is 0 Å². The number of hydrogen-bond donors (Lipinski definition) is 2. The highest BCUT2D eigenvalue weighted by Crippen LogP contribution is 2.30. The molecule has 0 bridgehead atoms. The molecular formula is C19H32ClN3OS. The van der Waals surface area contributed by atoms with Crippen LogP contribution in [0.5, 0.6) is 0 Å². The van der Waals surface area contributed by atoms with E-state index in [0.717, 1.165) is 38.8 Å². The Bertz CT molecular complexity index is 534. The Kier molecular flexibility index (Phi) is 7.17. The highest BCUT2D eigenvalue weighted by atomic mass is 35.5. The van der Waals surface area contributed by atoms with Gasteiger partial charge in [0.05, 0.1) is 13.2 Å². The summed E-state index contributed by atoms with van der Waals surface area (Å²) in [4.78, 5) is 4.25.